The minimum atomic E-state index is -1.23. The summed E-state index contributed by atoms with van der Waals surface area (Å²) in [6.07, 6.45) is 0.322. The number of nitrogens with one attached hydrogen (secondary N) is 1. The number of hydrogen-bond donors (Lipinski definition) is 2. The second-order valence-corrected chi connectivity index (χ2v) is 4.32. The Hall–Kier alpha value is -1.51. The predicted molar refractivity (Wildman–Crippen MR) is 73.8 cm³/mol. The van der Waals surface area contributed by atoms with Gasteiger partial charge in [0.25, 0.3) is 5.09 Å². The zero-order valence-electron chi connectivity index (χ0n) is 11.5. The maximum Gasteiger partial charge on any atom is 0.329 e. The summed E-state index contributed by atoms with van der Waals surface area (Å²) in [6, 6.07) is -0.953. The van der Waals surface area contributed by atoms with Gasteiger partial charge in [0.15, 0.2) is 6.10 Å². The van der Waals surface area contributed by atoms with E-state index in [4.69, 9.17) is 4.74 Å². The first-order chi connectivity index (χ1) is 9.46. The molecule has 9 heteroatoms. The average Bonchev–Trinajstić information content (AvgIpc) is 2.40. The van der Waals surface area contributed by atoms with Crippen molar-refractivity contribution in [3.8, 4) is 0 Å². The summed E-state index contributed by atoms with van der Waals surface area (Å²) in [6.45, 7) is 3.69. The quantitative estimate of drug-likeness (QED) is 0.267. The van der Waals surface area contributed by atoms with Gasteiger partial charge in [-0.25, -0.2) is 4.79 Å². The van der Waals surface area contributed by atoms with Crippen molar-refractivity contribution in [1.29, 1.82) is 0 Å². The molecule has 0 aliphatic carbocycles. The van der Waals surface area contributed by atoms with Gasteiger partial charge in [0.2, 0.25) is 5.91 Å². The van der Waals surface area contributed by atoms with Crippen LogP contribution in [0.5, 0.6) is 0 Å². The van der Waals surface area contributed by atoms with E-state index in [9.17, 15) is 19.7 Å². The summed E-state index contributed by atoms with van der Waals surface area (Å²) < 4.78 is 4.76. The van der Waals surface area contributed by atoms with Crippen LogP contribution in [0.4, 0.5) is 0 Å². The van der Waals surface area contributed by atoms with Crippen LogP contribution in [0.3, 0.4) is 0 Å². The number of amides is 1. The molecule has 1 amide bonds. The van der Waals surface area contributed by atoms with Crippen LogP contribution >= 0.6 is 12.6 Å². The highest BCUT2D eigenvalue weighted by Crippen LogP contribution is 2.06. The lowest BCUT2D eigenvalue weighted by atomic mass is 10.1. The Balaban J connectivity index is 4.61. The molecule has 0 aromatic rings. The molecule has 116 valence electrons. The van der Waals surface area contributed by atoms with Gasteiger partial charge in [0.1, 0.15) is 6.04 Å². The molecular weight excluding hydrogens is 288 g/mol. The summed E-state index contributed by atoms with van der Waals surface area (Å²) >= 11 is 3.94. The molecule has 8 nitrogen and oxygen atoms in total. The van der Waals surface area contributed by atoms with Gasteiger partial charge in [-0.3, -0.25) is 4.79 Å². The first-order valence-electron chi connectivity index (χ1n) is 6.35. The van der Waals surface area contributed by atoms with Crippen LogP contribution in [0.1, 0.15) is 33.1 Å². The van der Waals surface area contributed by atoms with Crippen molar-refractivity contribution < 1.29 is 24.3 Å². The smallest absolute Gasteiger partial charge is 0.329 e. The van der Waals surface area contributed by atoms with Crippen LogP contribution in [0.25, 0.3) is 0 Å². The molecule has 0 spiro atoms. The molecule has 0 heterocycles. The number of carbonyl (C=O) groups is 2. The van der Waals surface area contributed by atoms with E-state index in [1.54, 1.807) is 6.92 Å². The Morgan fingerprint density at radius 2 is 2.05 bits per heavy atom. The van der Waals surface area contributed by atoms with Crippen LogP contribution in [0, 0.1) is 10.1 Å². The molecule has 0 radical (unpaired) electrons. The zero-order valence-corrected chi connectivity index (χ0v) is 12.4. The van der Waals surface area contributed by atoms with E-state index in [-0.39, 0.29) is 18.8 Å². The maximum absolute atomic E-state index is 11.9. The highest BCUT2D eigenvalue weighted by molar-refractivity contribution is 7.80. The fraction of sp³-hybridized carbons (Fsp3) is 0.818. The van der Waals surface area contributed by atoms with Gasteiger partial charge in [-0.1, -0.05) is 19.8 Å². The molecule has 0 bridgehead atoms. The fourth-order valence-corrected chi connectivity index (χ4v) is 1.65. The number of thiol groups is 1. The summed E-state index contributed by atoms with van der Waals surface area (Å²) in [5.74, 6) is -1.32. The average molecular weight is 308 g/mol. The monoisotopic (exact) mass is 308 g/mol. The van der Waals surface area contributed by atoms with Gasteiger partial charge in [-0.15, -0.1) is 10.1 Å². The first-order valence-corrected chi connectivity index (χ1v) is 6.98. The SMILES string of the molecule is CCCCC(O[N+](=O)[O-])C(=O)NC(CS)C(=O)OCC. The Morgan fingerprint density at radius 3 is 2.50 bits per heavy atom. The van der Waals surface area contributed by atoms with Crippen molar-refractivity contribution in [2.24, 2.45) is 0 Å². The third-order valence-electron chi connectivity index (χ3n) is 2.40. The van der Waals surface area contributed by atoms with E-state index in [1.807, 2.05) is 6.92 Å². The molecule has 0 fully saturated rings. The Bertz CT molecular complexity index is 339. The van der Waals surface area contributed by atoms with Crippen molar-refractivity contribution in [2.45, 2.75) is 45.3 Å². The van der Waals surface area contributed by atoms with Crippen molar-refractivity contribution in [2.75, 3.05) is 12.4 Å². The number of rotatable bonds is 10. The van der Waals surface area contributed by atoms with E-state index in [0.29, 0.717) is 6.42 Å². The number of unbranched alkanes of at least 4 members (excludes halogenated alkanes) is 1. The van der Waals surface area contributed by atoms with Crippen molar-refractivity contribution in [3.05, 3.63) is 10.1 Å². The van der Waals surface area contributed by atoms with Crippen molar-refractivity contribution in [3.63, 3.8) is 0 Å². The molecule has 1 N–H and O–H groups in total. The third-order valence-corrected chi connectivity index (χ3v) is 2.76. The summed E-state index contributed by atoms with van der Waals surface area (Å²) in [4.78, 5) is 38.1. The molecule has 0 saturated heterocycles. The predicted octanol–water partition coefficient (Wildman–Crippen LogP) is 0.731. The topological polar surface area (TPSA) is 108 Å². The fourth-order valence-electron chi connectivity index (χ4n) is 1.41. The molecule has 0 rings (SSSR count). The second kappa shape index (κ2) is 10.3. The minimum absolute atomic E-state index is 0.0313. The molecule has 20 heavy (non-hydrogen) atoms. The molecule has 0 aliphatic rings. The van der Waals surface area contributed by atoms with Crippen LogP contribution < -0.4 is 5.32 Å². The Kier molecular flexibility index (Phi) is 9.52. The number of ether oxygens (including phenoxy) is 1. The van der Waals surface area contributed by atoms with E-state index in [2.05, 4.69) is 22.8 Å². The largest absolute Gasteiger partial charge is 0.464 e. The van der Waals surface area contributed by atoms with Gasteiger partial charge in [0, 0.05) is 5.75 Å². The van der Waals surface area contributed by atoms with Crippen LogP contribution in [-0.4, -0.2) is 41.5 Å². The molecular formula is C11H20N2O6S. The third kappa shape index (κ3) is 7.17. The maximum atomic E-state index is 11.9. The van der Waals surface area contributed by atoms with Crippen LogP contribution in [0.2, 0.25) is 0 Å². The summed E-state index contributed by atoms with van der Waals surface area (Å²) in [5.41, 5.74) is 0. The Morgan fingerprint density at radius 1 is 1.40 bits per heavy atom. The molecule has 2 unspecified atom stereocenters. The van der Waals surface area contributed by atoms with E-state index in [1.165, 1.54) is 0 Å². The number of hydrogen-bond acceptors (Lipinski definition) is 7. The standard InChI is InChI=1S/C11H20N2O6S/c1-3-5-6-9(19-13(16)17)10(14)12-8(7-20)11(15)18-4-2/h8-9,20H,3-7H2,1-2H3,(H,12,14). The number of nitrogens with zero attached hydrogens (tertiary/aromatic N) is 1. The Labute approximate surface area is 122 Å². The molecule has 0 saturated carbocycles. The summed E-state index contributed by atoms with van der Waals surface area (Å²) in [7, 11) is 0. The van der Waals surface area contributed by atoms with Gasteiger partial charge in [-0.2, -0.15) is 12.6 Å². The first kappa shape index (κ1) is 18.5. The van der Waals surface area contributed by atoms with Crippen LogP contribution in [0.15, 0.2) is 0 Å². The molecule has 2 atom stereocenters. The molecule has 0 aromatic heterocycles. The van der Waals surface area contributed by atoms with Crippen LogP contribution in [-0.2, 0) is 19.2 Å². The highest BCUT2D eigenvalue weighted by atomic mass is 32.1. The van der Waals surface area contributed by atoms with Gasteiger partial charge in [-0.05, 0) is 13.3 Å². The minimum Gasteiger partial charge on any atom is -0.464 e. The number of esters is 1. The van der Waals surface area contributed by atoms with Gasteiger partial charge >= 0.3 is 5.97 Å². The normalized spacial score (nSPS) is 13.2. The van der Waals surface area contributed by atoms with E-state index in [0.717, 1.165) is 6.42 Å². The van der Waals surface area contributed by atoms with Gasteiger partial charge < -0.3 is 14.9 Å². The molecule has 0 aliphatic heterocycles. The second-order valence-electron chi connectivity index (χ2n) is 3.96. The van der Waals surface area contributed by atoms with E-state index >= 15 is 0 Å². The van der Waals surface area contributed by atoms with E-state index < -0.39 is 29.1 Å². The van der Waals surface area contributed by atoms with Gasteiger partial charge in [0.05, 0.1) is 6.61 Å². The number of carbonyl (C=O) groups excluding carboxylic acids is 2. The lowest BCUT2D eigenvalue weighted by molar-refractivity contribution is -0.764. The summed E-state index contributed by atoms with van der Waals surface area (Å²) in [5, 5.41) is 11.7. The highest BCUT2D eigenvalue weighted by Gasteiger charge is 2.27. The lowest BCUT2D eigenvalue weighted by Gasteiger charge is -2.19. The molecule has 0 aromatic carbocycles. The van der Waals surface area contributed by atoms with Crippen molar-refractivity contribution in [1.82, 2.24) is 5.32 Å². The zero-order chi connectivity index (χ0) is 15.5. The lowest BCUT2D eigenvalue weighted by Crippen LogP contribution is -2.48. The van der Waals surface area contributed by atoms with Crippen molar-refractivity contribution >= 4 is 24.5 Å².